The number of benzene rings is 2. The van der Waals surface area contributed by atoms with E-state index in [-0.39, 0.29) is 16.5 Å². The Hall–Kier alpha value is -3.23. The van der Waals surface area contributed by atoms with Crippen molar-refractivity contribution in [2.24, 2.45) is 0 Å². The van der Waals surface area contributed by atoms with Gasteiger partial charge in [-0.3, -0.25) is 19.0 Å². The van der Waals surface area contributed by atoms with E-state index in [1.54, 1.807) is 47.4 Å². The number of hydrogen-bond donors (Lipinski definition) is 0. The monoisotopic (exact) mass is 450 g/mol. The zero-order chi connectivity index (χ0) is 22.6. The Kier molecular flexibility index (Phi) is 6.53. The summed E-state index contributed by atoms with van der Waals surface area (Å²) in [7, 11) is -2.24. The number of sulfonamides is 1. The van der Waals surface area contributed by atoms with Gasteiger partial charge in [0.25, 0.3) is 15.9 Å². The average molecular weight is 451 g/mol. The van der Waals surface area contributed by atoms with Crippen molar-refractivity contribution in [3.05, 3.63) is 90.3 Å². The first-order valence-corrected chi connectivity index (χ1v) is 11.9. The summed E-state index contributed by atoms with van der Waals surface area (Å²) in [6, 6.07) is 21.6. The molecule has 1 saturated heterocycles. The van der Waals surface area contributed by atoms with Gasteiger partial charge in [-0.05, 0) is 29.8 Å². The van der Waals surface area contributed by atoms with Crippen LogP contribution in [0.1, 0.15) is 16.1 Å². The molecule has 7 nitrogen and oxygen atoms in total. The molecule has 0 aliphatic carbocycles. The van der Waals surface area contributed by atoms with Gasteiger partial charge in [0.05, 0.1) is 10.6 Å². The molecule has 32 heavy (non-hydrogen) atoms. The van der Waals surface area contributed by atoms with Crippen LogP contribution in [0.3, 0.4) is 0 Å². The number of piperazine rings is 1. The van der Waals surface area contributed by atoms with Crippen LogP contribution in [0.2, 0.25) is 0 Å². The van der Waals surface area contributed by atoms with E-state index in [2.05, 4.69) is 22.0 Å². The maximum Gasteiger partial charge on any atom is 0.272 e. The maximum absolute atomic E-state index is 13.0. The molecule has 1 aliphatic rings. The number of pyridine rings is 1. The van der Waals surface area contributed by atoms with Crippen LogP contribution in [0.4, 0.5) is 5.69 Å². The van der Waals surface area contributed by atoms with E-state index in [1.807, 2.05) is 18.2 Å². The van der Waals surface area contributed by atoms with E-state index in [1.165, 1.54) is 23.1 Å². The largest absolute Gasteiger partial charge is 0.335 e. The van der Waals surface area contributed by atoms with Gasteiger partial charge in [-0.1, -0.05) is 48.5 Å². The molecule has 3 aromatic rings. The summed E-state index contributed by atoms with van der Waals surface area (Å²) in [6.45, 7) is 3.63. The number of rotatable bonds is 6. The Morgan fingerprint density at radius 1 is 0.938 bits per heavy atom. The Morgan fingerprint density at radius 3 is 2.22 bits per heavy atom. The lowest BCUT2D eigenvalue weighted by molar-refractivity contribution is 0.0623. The molecule has 0 saturated carbocycles. The number of anilines is 1. The van der Waals surface area contributed by atoms with Gasteiger partial charge in [0.1, 0.15) is 5.69 Å². The Balaban J connectivity index is 1.43. The van der Waals surface area contributed by atoms with Crippen molar-refractivity contribution in [3.8, 4) is 0 Å². The van der Waals surface area contributed by atoms with Crippen molar-refractivity contribution in [1.82, 2.24) is 14.8 Å². The molecule has 0 spiro atoms. The summed E-state index contributed by atoms with van der Waals surface area (Å²) >= 11 is 0. The highest BCUT2D eigenvalue weighted by atomic mass is 32.2. The molecule has 2 heterocycles. The van der Waals surface area contributed by atoms with E-state index in [9.17, 15) is 13.2 Å². The molecule has 0 radical (unpaired) electrons. The van der Waals surface area contributed by atoms with Gasteiger partial charge in [-0.25, -0.2) is 8.42 Å². The lowest BCUT2D eigenvalue weighted by atomic mass is 10.2. The smallest absolute Gasteiger partial charge is 0.272 e. The van der Waals surface area contributed by atoms with Crippen molar-refractivity contribution in [3.63, 3.8) is 0 Å². The molecule has 0 atom stereocenters. The molecule has 0 bridgehead atoms. The Labute approximate surface area is 189 Å². The van der Waals surface area contributed by atoms with Crippen molar-refractivity contribution in [2.45, 2.75) is 11.4 Å². The molecule has 0 unspecified atom stereocenters. The lowest BCUT2D eigenvalue weighted by Gasteiger charge is -2.34. The third kappa shape index (κ3) is 4.81. The van der Waals surface area contributed by atoms with E-state index in [4.69, 9.17) is 0 Å². The number of hydrogen-bond acceptors (Lipinski definition) is 5. The predicted molar refractivity (Wildman–Crippen MR) is 124 cm³/mol. The lowest BCUT2D eigenvalue weighted by Crippen LogP contribution is -2.48. The molecule has 1 aliphatic heterocycles. The quantitative estimate of drug-likeness (QED) is 0.577. The van der Waals surface area contributed by atoms with Gasteiger partial charge in [0.2, 0.25) is 0 Å². The third-order valence-electron chi connectivity index (χ3n) is 5.64. The van der Waals surface area contributed by atoms with Crippen molar-refractivity contribution in [2.75, 3.05) is 37.5 Å². The molecule has 4 rings (SSSR count). The second-order valence-electron chi connectivity index (χ2n) is 7.74. The molecule has 166 valence electrons. The normalized spacial score (nSPS) is 14.8. The van der Waals surface area contributed by atoms with Crippen LogP contribution in [-0.2, 0) is 16.6 Å². The van der Waals surface area contributed by atoms with Crippen LogP contribution < -0.4 is 4.31 Å². The molecular weight excluding hydrogens is 424 g/mol. The molecule has 0 N–H and O–H groups in total. The van der Waals surface area contributed by atoms with Crippen LogP contribution >= 0.6 is 0 Å². The van der Waals surface area contributed by atoms with E-state index in [0.29, 0.717) is 18.8 Å². The number of carbonyl (C=O) groups is 1. The molecule has 1 fully saturated rings. The van der Waals surface area contributed by atoms with Crippen molar-refractivity contribution in [1.29, 1.82) is 0 Å². The summed E-state index contributed by atoms with van der Waals surface area (Å²) in [5, 5.41) is 0. The van der Waals surface area contributed by atoms with Crippen LogP contribution in [0.5, 0.6) is 0 Å². The van der Waals surface area contributed by atoms with Crippen LogP contribution in [-0.4, -0.2) is 62.3 Å². The first-order chi connectivity index (χ1) is 15.4. The Morgan fingerprint density at radius 2 is 1.56 bits per heavy atom. The Bertz CT molecular complexity index is 1160. The summed E-state index contributed by atoms with van der Waals surface area (Å²) in [5.74, 6) is -0.184. The van der Waals surface area contributed by atoms with Gasteiger partial charge in [-0.2, -0.15) is 0 Å². The van der Waals surface area contributed by atoms with E-state index in [0.717, 1.165) is 19.6 Å². The summed E-state index contributed by atoms with van der Waals surface area (Å²) in [6.07, 6.45) is 1.48. The average Bonchev–Trinajstić information content (AvgIpc) is 2.85. The van der Waals surface area contributed by atoms with Gasteiger partial charge < -0.3 is 4.90 Å². The first-order valence-electron chi connectivity index (χ1n) is 10.5. The van der Waals surface area contributed by atoms with E-state index >= 15 is 0 Å². The number of nitrogens with zero attached hydrogens (tertiary/aromatic N) is 4. The van der Waals surface area contributed by atoms with Gasteiger partial charge in [-0.15, -0.1) is 0 Å². The van der Waals surface area contributed by atoms with Crippen molar-refractivity contribution >= 4 is 21.6 Å². The number of carbonyl (C=O) groups excluding carboxylic acids is 1. The molecule has 1 aromatic heterocycles. The highest BCUT2D eigenvalue weighted by molar-refractivity contribution is 7.92. The topological polar surface area (TPSA) is 73.8 Å². The minimum atomic E-state index is -3.72. The maximum atomic E-state index is 13.0. The number of aromatic nitrogens is 1. The van der Waals surface area contributed by atoms with E-state index < -0.39 is 10.0 Å². The van der Waals surface area contributed by atoms with Gasteiger partial charge >= 0.3 is 0 Å². The van der Waals surface area contributed by atoms with Crippen molar-refractivity contribution < 1.29 is 13.2 Å². The fourth-order valence-electron chi connectivity index (χ4n) is 3.73. The molecule has 8 heteroatoms. The minimum Gasteiger partial charge on any atom is -0.335 e. The SMILES string of the molecule is CN(c1ccnc(C(=O)N2CCN(Cc3ccccc3)CC2)c1)S(=O)(=O)c1ccccc1. The summed E-state index contributed by atoms with van der Waals surface area (Å²) in [4.78, 5) is 21.5. The highest BCUT2D eigenvalue weighted by Gasteiger charge is 2.25. The molecule has 2 aromatic carbocycles. The predicted octanol–water partition coefficient (Wildman–Crippen LogP) is 2.86. The fraction of sp³-hybridized carbons (Fsp3) is 0.250. The minimum absolute atomic E-state index is 0.184. The van der Waals surface area contributed by atoms with Gasteiger partial charge in [0, 0.05) is 46.0 Å². The fourth-order valence-corrected chi connectivity index (χ4v) is 4.94. The molecular formula is C24H26N4O3S. The number of amides is 1. The van der Waals surface area contributed by atoms with Gasteiger partial charge in [0.15, 0.2) is 0 Å². The van der Waals surface area contributed by atoms with Crippen LogP contribution in [0.25, 0.3) is 0 Å². The molecule has 1 amide bonds. The van der Waals surface area contributed by atoms with Crippen LogP contribution in [0.15, 0.2) is 83.9 Å². The summed E-state index contributed by atoms with van der Waals surface area (Å²) < 4.78 is 27.0. The zero-order valence-electron chi connectivity index (χ0n) is 18.0. The highest BCUT2D eigenvalue weighted by Crippen LogP contribution is 2.22. The summed E-state index contributed by atoms with van der Waals surface area (Å²) in [5.41, 5.74) is 1.90. The van der Waals surface area contributed by atoms with Crippen LogP contribution in [0, 0.1) is 0 Å². The standard InChI is InChI=1S/C24H26N4O3S/c1-26(32(30,31)22-10-6-3-7-11-22)21-12-13-25-23(18-21)24(29)28-16-14-27(15-17-28)19-20-8-4-2-5-9-20/h2-13,18H,14-17,19H2,1H3. The second-order valence-corrected chi connectivity index (χ2v) is 9.71. The first kappa shape index (κ1) is 22.0. The third-order valence-corrected chi connectivity index (χ3v) is 7.44. The second kappa shape index (κ2) is 9.50. The zero-order valence-corrected chi connectivity index (χ0v) is 18.8.